The zero-order chi connectivity index (χ0) is 20.3. The summed E-state index contributed by atoms with van der Waals surface area (Å²) in [5.41, 5.74) is 0.880. The maximum absolute atomic E-state index is 12.3. The minimum absolute atomic E-state index is 0.0939. The first kappa shape index (κ1) is 19.7. The molecule has 2 aromatic heterocycles. The van der Waals surface area contributed by atoms with Crippen LogP contribution in [-0.2, 0) is 14.2 Å². The Morgan fingerprint density at radius 3 is 2.83 bits per heavy atom. The predicted octanol–water partition coefficient (Wildman–Crippen LogP) is 3.21. The van der Waals surface area contributed by atoms with E-state index in [-0.39, 0.29) is 30.4 Å². The van der Waals surface area contributed by atoms with Gasteiger partial charge in [0.1, 0.15) is 12.2 Å². The second-order valence-corrected chi connectivity index (χ2v) is 8.96. The molecule has 3 fully saturated rings. The quantitative estimate of drug-likeness (QED) is 0.752. The van der Waals surface area contributed by atoms with Gasteiger partial charge >= 0.3 is 6.09 Å². The van der Waals surface area contributed by atoms with Crippen LogP contribution in [0.25, 0.3) is 10.6 Å². The van der Waals surface area contributed by atoms with Crippen molar-refractivity contribution in [3.63, 3.8) is 0 Å². The Morgan fingerprint density at radius 1 is 1.13 bits per heavy atom. The molecule has 30 heavy (non-hydrogen) atoms. The molecular formula is C21H26N4O4S. The number of thiophene rings is 1. The molecule has 9 heteroatoms. The van der Waals surface area contributed by atoms with Crippen molar-refractivity contribution in [2.45, 2.75) is 62.5 Å². The molecule has 0 bridgehead atoms. The van der Waals surface area contributed by atoms with Crippen molar-refractivity contribution in [2.75, 3.05) is 18.5 Å². The van der Waals surface area contributed by atoms with Gasteiger partial charge in [0.2, 0.25) is 5.95 Å². The van der Waals surface area contributed by atoms with Crippen molar-refractivity contribution in [1.29, 1.82) is 0 Å². The van der Waals surface area contributed by atoms with Crippen molar-refractivity contribution < 1.29 is 19.0 Å². The van der Waals surface area contributed by atoms with Gasteiger partial charge < -0.3 is 24.8 Å². The molecule has 4 atom stereocenters. The first-order chi connectivity index (χ1) is 14.8. The Kier molecular flexibility index (Phi) is 5.83. The molecule has 3 aliphatic rings. The van der Waals surface area contributed by atoms with Gasteiger partial charge in [-0.2, -0.15) is 0 Å². The summed E-state index contributed by atoms with van der Waals surface area (Å²) in [5, 5.41) is 8.34. The first-order valence-electron chi connectivity index (χ1n) is 10.6. The van der Waals surface area contributed by atoms with E-state index >= 15 is 0 Å². The number of anilines is 1. The van der Waals surface area contributed by atoms with Gasteiger partial charge in [-0.25, -0.2) is 14.8 Å². The molecule has 1 saturated carbocycles. The fourth-order valence-electron chi connectivity index (χ4n) is 4.43. The number of amides is 1. The van der Waals surface area contributed by atoms with Crippen molar-refractivity contribution in [3.05, 3.63) is 29.8 Å². The number of hydrogen-bond acceptors (Lipinski definition) is 8. The van der Waals surface area contributed by atoms with Gasteiger partial charge in [0.15, 0.2) is 6.10 Å². The van der Waals surface area contributed by atoms with Crippen molar-refractivity contribution in [2.24, 2.45) is 0 Å². The number of fused-ring (bicyclic) bond motifs is 1. The van der Waals surface area contributed by atoms with Crippen molar-refractivity contribution in [3.8, 4) is 10.6 Å². The number of carbonyl (C=O) groups excluding carboxylic acids is 1. The second-order valence-electron chi connectivity index (χ2n) is 8.01. The van der Waals surface area contributed by atoms with E-state index in [1.807, 2.05) is 23.6 Å². The molecule has 2 saturated heterocycles. The van der Waals surface area contributed by atoms with E-state index in [0.717, 1.165) is 36.3 Å². The van der Waals surface area contributed by atoms with Crippen LogP contribution < -0.4 is 10.6 Å². The number of nitrogens with zero attached hydrogens (tertiary/aromatic N) is 2. The van der Waals surface area contributed by atoms with Crippen LogP contribution in [0.3, 0.4) is 0 Å². The third-order valence-electron chi connectivity index (χ3n) is 5.94. The second kappa shape index (κ2) is 8.87. The van der Waals surface area contributed by atoms with E-state index in [0.29, 0.717) is 19.2 Å². The average molecular weight is 431 g/mol. The summed E-state index contributed by atoms with van der Waals surface area (Å²) in [4.78, 5) is 22.3. The van der Waals surface area contributed by atoms with Crippen molar-refractivity contribution >= 4 is 23.4 Å². The fraction of sp³-hybridized carbons (Fsp3) is 0.571. The zero-order valence-electron chi connectivity index (χ0n) is 16.7. The average Bonchev–Trinajstić information content (AvgIpc) is 3.50. The molecule has 4 unspecified atom stereocenters. The maximum atomic E-state index is 12.3. The van der Waals surface area contributed by atoms with E-state index in [9.17, 15) is 4.79 Å². The van der Waals surface area contributed by atoms with Gasteiger partial charge in [0, 0.05) is 12.2 Å². The van der Waals surface area contributed by atoms with Gasteiger partial charge in [-0.15, -0.1) is 11.3 Å². The van der Waals surface area contributed by atoms with Crippen LogP contribution >= 0.6 is 11.3 Å². The predicted molar refractivity (Wildman–Crippen MR) is 113 cm³/mol. The van der Waals surface area contributed by atoms with Crippen LogP contribution in [0.2, 0.25) is 0 Å². The molecule has 0 spiro atoms. The number of nitrogens with one attached hydrogen (secondary N) is 2. The van der Waals surface area contributed by atoms with Crippen LogP contribution in [0.15, 0.2) is 29.8 Å². The molecule has 8 nitrogen and oxygen atoms in total. The lowest BCUT2D eigenvalue weighted by atomic mass is 9.96. The lowest BCUT2D eigenvalue weighted by Crippen LogP contribution is -2.42. The summed E-state index contributed by atoms with van der Waals surface area (Å²) in [6, 6.07) is 6.05. The number of ether oxygens (including phenoxy) is 3. The number of aromatic nitrogens is 2. The van der Waals surface area contributed by atoms with Crippen LogP contribution in [0.4, 0.5) is 10.7 Å². The van der Waals surface area contributed by atoms with Gasteiger partial charge in [0.05, 0.1) is 29.8 Å². The lowest BCUT2D eigenvalue weighted by Gasteiger charge is -2.24. The van der Waals surface area contributed by atoms with Gasteiger partial charge in [-0.1, -0.05) is 25.3 Å². The van der Waals surface area contributed by atoms with E-state index < -0.39 is 6.10 Å². The third-order valence-corrected chi connectivity index (χ3v) is 6.83. The molecule has 0 aromatic carbocycles. The molecule has 1 aliphatic carbocycles. The molecule has 1 amide bonds. The Bertz CT molecular complexity index is 858. The smallest absolute Gasteiger partial charge is 0.407 e. The summed E-state index contributed by atoms with van der Waals surface area (Å²) in [6.45, 7) is 0.785. The Morgan fingerprint density at radius 2 is 2.00 bits per heavy atom. The monoisotopic (exact) mass is 430 g/mol. The molecule has 2 aromatic rings. The minimum atomic E-state index is -0.399. The molecule has 2 aliphatic heterocycles. The van der Waals surface area contributed by atoms with E-state index in [4.69, 9.17) is 14.2 Å². The molecule has 4 heterocycles. The maximum Gasteiger partial charge on any atom is 0.407 e. The summed E-state index contributed by atoms with van der Waals surface area (Å²) in [7, 11) is 0. The van der Waals surface area contributed by atoms with Gasteiger partial charge in [-0.05, 0) is 30.4 Å². The number of rotatable bonds is 5. The zero-order valence-corrected chi connectivity index (χ0v) is 17.5. The van der Waals surface area contributed by atoms with E-state index in [1.54, 1.807) is 17.5 Å². The van der Waals surface area contributed by atoms with Crippen LogP contribution in [0.5, 0.6) is 0 Å². The summed E-state index contributed by atoms with van der Waals surface area (Å²) in [6.07, 6.45) is 6.11. The van der Waals surface area contributed by atoms with E-state index in [2.05, 4.69) is 20.6 Å². The normalized spacial score (nSPS) is 28.8. The number of carbonyl (C=O) groups is 1. The lowest BCUT2D eigenvalue weighted by molar-refractivity contribution is 0.00314. The van der Waals surface area contributed by atoms with Crippen LogP contribution in [0.1, 0.15) is 32.1 Å². The highest BCUT2D eigenvalue weighted by atomic mass is 32.1. The number of alkyl carbamates (subject to hydrolysis) is 1. The fourth-order valence-corrected chi connectivity index (χ4v) is 5.12. The Hall–Kier alpha value is -2.23. The minimum Gasteiger partial charge on any atom is -0.441 e. The largest absolute Gasteiger partial charge is 0.441 e. The molecule has 2 N–H and O–H groups in total. The first-order valence-corrected chi connectivity index (χ1v) is 11.5. The standard InChI is InChI=1S/C21H26N4O4S/c26-21(23-13-5-2-1-3-6-13)29-16-12-28-18-15(11-27-19(16)18)25-20-22-9-8-14(24-20)17-7-4-10-30-17/h4,7-10,13,15-16,18-19H,1-3,5-6,11-12H2,(H,23,26)(H,22,24,25). The molecule has 5 rings (SSSR count). The van der Waals surface area contributed by atoms with Crippen molar-refractivity contribution in [1.82, 2.24) is 15.3 Å². The summed E-state index contributed by atoms with van der Waals surface area (Å²) < 4.78 is 17.5. The summed E-state index contributed by atoms with van der Waals surface area (Å²) >= 11 is 1.64. The van der Waals surface area contributed by atoms with E-state index in [1.165, 1.54) is 6.42 Å². The van der Waals surface area contributed by atoms with Crippen LogP contribution in [-0.4, -0.2) is 59.7 Å². The third kappa shape index (κ3) is 4.28. The van der Waals surface area contributed by atoms with Crippen LogP contribution in [0, 0.1) is 0 Å². The highest BCUT2D eigenvalue weighted by Crippen LogP contribution is 2.31. The highest BCUT2D eigenvalue weighted by Gasteiger charge is 2.49. The Labute approximate surface area is 179 Å². The highest BCUT2D eigenvalue weighted by molar-refractivity contribution is 7.13. The molecule has 0 radical (unpaired) electrons. The Balaban J connectivity index is 1.17. The molecule has 160 valence electrons. The topological polar surface area (TPSA) is 94.6 Å². The van der Waals surface area contributed by atoms with Gasteiger partial charge in [0.25, 0.3) is 0 Å². The SMILES string of the molecule is O=C(NC1CCCCC1)OC1COC2C(Nc3nccc(-c4cccs4)n3)COC12. The number of hydrogen-bond donors (Lipinski definition) is 2. The summed E-state index contributed by atoms with van der Waals surface area (Å²) in [5.74, 6) is 0.540. The van der Waals surface area contributed by atoms with Gasteiger partial charge in [-0.3, -0.25) is 0 Å². The molecular weight excluding hydrogens is 404 g/mol.